The van der Waals surface area contributed by atoms with Crippen molar-refractivity contribution in [3.63, 3.8) is 0 Å². The normalized spacial score (nSPS) is 23.6. The molecule has 1 aliphatic rings. The highest BCUT2D eigenvalue weighted by Gasteiger charge is 2.30. The van der Waals surface area contributed by atoms with Crippen molar-refractivity contribution in [1.29, 1.82) is 0 Å². The lowest BCUT2D eigenvalue weighted by molar-refractivity contribution is -0.143. The average molecular weight is 273 g/mol. The first-order chi connectivity index (χ1) is 8.81. The van der Waals surface area contributed by atoms with Gasteiger partial charge in [-0.1, -0.05) is 0 Å². The molecule has 6 heteroatoms. The number of carbonyl (C=O) groups is 2. The SMILES string of the molecule is COC(=O)C[C@H]1COCC[C@H]1NC(=O)OC(C)(C)C. The van der Waals surface area contributed by atoms with Crippen molar-refractivity contribution >= 4 is 12.1 Å². The second-order valence-corrected chi connectivity index (χ2v) is 5.66. The van der Waals surface area contributed by atoms with E-state index in [4.69, 9.17) is 9.47 Å². The molecule has 0 aromatic rings. The van der Waals surface area contributed by atoms with Crippen LogP contribution >= 0.6 is 0 Å². The van der Waals surface area contributed by atoms with Gasteiger partial charge in [0, 0.05) is 18.6 Å². The van der Waals surface area contributed by atoms with E-state index in [2.05, 4.69) is 10.1 Å². The van der Waals surface area contributed by atoms with Crippen molar-refractivity contribution in [3.05, 3.63) is 0 Å². The van der Waals surface area contributed by atoms with Gasteiger partial charge in [-0.15, -0.1) is 0 Å². The number of rotatable bonds is 3. The van der Waals surface area contributed by atoms with E-state index in [9.17, 15) is 9.59 Å². The maximum Gasteiger partial charge on any atom is 0.407 e. The maximum atomic E-state index is 11.7. The predicted molar refractivity (Wildman–Crippen MR) is 68.7 cm³/mol. The highest BCUT2D eigenvalue weighted by atomic mass is 16.6. The molecule has 2 atom stereocenters. The quantitative estimate of drug-likeness (QED) is 0.788. The molecule has 0 aromatic heterocycles. The lowest BCUT2D eigenvalue weighted by Crippen LogP contribution is -2.47. The summed E-state index contributed by atoms with van der Waals surface area (Å²) in [5.74, 6) is -0.375. The summed E-state index contributed by atoms with van der Waals surface area (Å²) in [7, 11) is 1.35. The van der Waals surface area contributed by atoms with Gasteiger partial charge in [-0.05, 0) is 27.2 Å². The van der Waals surface area contributed by atoms with Crippen LogP contribution in [0.25, 0.3) is 0 Å². The number of methoxy groups -OCH3 is 1. The Morgan fingerprint density at radius 1 is 1.37 bits per heavy atom. The zero-order valence-electron chi connectivity index (χ0n) is 12.0. The molecule has 6 nitrogen and oxygen atoms in total. The molecule has 110 valence electrons. The van der Waals surface area contributed by atoms with Crippen LogP contribution in [0, 0.1) is 5.92 Å². The van der Waals surface area contributed by atoms with Gasteiger partial charge in [-0.2, -0.15) is 0 Å². The molecule has 0 unspecified atom stereocenters. The number of hydrogen-bond acceptors (Lipinski definition) is 5. The average Bonchev–Trinajstić information content (AvgIpc) is 2.29. The zero-order valence-corrected chi connectivity index (χ0v) is 12.0. The highest BCUT2D eigenvalue weighted by molar-refractivity contribution is 5.70. The molecular weight excluding hydrogens is 250 g/mol. The monoisotopic (exact) mass is 273 g/mol. The van der Waals surface area contributed by atoms with Crippen molar-refractivity contribution in [2.45, 2.75) is 45.3 Å². The standard InChI is InChI=1S/C13H23NO5/c1-13(2,3)19-12(16)14-10-5-6-18-8-9(10)7-11(15)17-4/h9-10H,5-8H2,1-4H3,(H,14,16)/t9-,10+/m0/s1. The molecule has 1 amide bonds. The first kappa shape index (κ1) is 15.8. The fourth-order valence-corrected chi connectivity index (χ4v) is 1.94. The molecule has 0 saturated carbocycles. The molecule has 1 heterocycles. The van der Waals surface area contributed by atoms with E-state index in [1.54, 1.807) is 0 Å². The summed E-state index contributed by atoms with van der Waals surface area (Å²) in [5, 5.41) is 2.81. The Bertz CT molecular complexity index is 323. The third kappa shape index (κ3) is 5.92. The molecule has 0 spiro atoms. The van der Waals surface area contributed by atoms with Crippen molar-refractivity contribution in [3.8, 4) is 0 Å². The second-order valence-electron chi connectivity index (χ2n) is 5.66. The molecule has 1 rings (SSSR count). The number of esters is 1. The Kier molecular flexibility index (Phi) is 5.60. The van der Waals surface area contributed by atoms with E-state index in [1.807, 2.05) is 20.8 Å². The van der Waals surface area contributed by atoms with Crippen LogP contribution in [-0.4, -0.2) is 44.0 Å². The van der Waals surface area contributed by atoms with Crippen LogP contribution in [0.1, 0.15) is 33.6 Å². The Balaban J connectivity index is 2.52. The first-order valence-electron chi connectivity index (χ1n) is 6.46. The third-order valence-electron chi connectivity index (χ3n) is 2.83. The Morgan fingerprint density at radius 2 is 2.05 bits per heavy atom. The lowest BCUT2D eigenvalue weighted by Gasteiger charge is -2.32. The minimum absolute atomic E-state index is 0.0753. The van der Waals surface area contributed by atoms with Gasteiger partial charge in [0.05, 0.1) is 20.1 Å². The van der Waals surface area contributed by atoms with E-state index in [0.717, 1.165) is 0 Å². The smallest absolute Gasteiger partial charge is 0.407 e. The van der Waals surface area contributed by atoms with Crippen LogP contribution in [0.3, 0.4) is 0 Å². The van der Waals surface area contributed by atoms with E-state index < -0.39 is 11.7 Å². The van der Waals surface area contributed by atoms with Crippen LogP contribution in [0.15, 0.2) is 0 Å². The Hall–Kier alpha value is -1.30. The number of hydrogen-bond donors (Lipinski definition) is 1. The van der Waals surface area contributed by atoms with Crippen LogP contribution in [0.4, 0.5) is 4.79 Å². The maximum absolute atomic E-state index is 11.7. The molecule has 0 aromatic carbocycles. The molecule has 1 saturated heterocycles. The number of carbonyl (C=O) groups excluding carboxylic acids is 2. The topological polar surface area (TPSA) is 73.9 Å². The minimum Gasteiger partial charge on any atom is -0.469 e. The van der Waals surface area contributed by atoms with Gasteiger partial charge >= 0.3 is 12.1 Å². The van der Waals surface area contributed by atoms with Gasteiger partial charge in [0.25, 0.3) is 0 Å². The molecular formula is C13H23NO5. The van der Waals surface area contributed by atoms with Gasteiger partial charge in [-0.25, -0.2) is 4.79 Å². The highest BCUT2D eigenvalue weighted by Crippen LogP contribution is 2.19. The Labute approximate surface area is 113 Å². The molecule has 1 N–H and O–H groups in total. The summed E-state index contributed by atoms with van der Waals surface area (Å²) < 4.78 is 15.2. The van der Waals surface area contributed by atoms with E-state index in [1.165, 1.54) is 7.11 Å². The van der Waals surface area contributed by atoms with Gasteiger partial charge in [-0.3, -0.25) is 4.79 Å². The fourth-order valence-electron chi connectivity index (χ4n) is 1.94. The summed E-state index contributed by atoms with van der Waals surface area (Å²) in [5.41, 5.74) is -0.535. The molecule has 1 aliphatic heterocycles. The van der Waals surface area contributed by atoms with Gasteiger partial charge in [0.1, 0.15) is 5.60 Å². The molecule has 19 heavy (non-hydrogen) atoms. The van der Waals surface area contributed by atoms with E-state index >= 15 is 0 Å². The van der Waals surface area contributed by atoms with E-state index in [-0.39, 0.29) is 24.3 Å². The molecule has 0 aliphatic carbocycles. The second kappa shape index (κ2) is 6.75. The van der Waals surface area contributed by atoms with Crippen LogP contribution in [0.5, 0.6) is 0 Å². The van der Waals surface area contributed by atoms with Gasteiger partial charge < -0.3 is 19.5 Å². The molecule has 0 radical (unpaired) electrons. The number of nitrogens with one attached hydrogen (secondary N) is 1. The fraction of sp³-hybridized carbons (Fsp3) is 0.846. The zero-order chi connectivity index (χ0) is 14.5. The number of alkyl carbamates (subject to hydrolysis) is 1. The van der Waals surface area contributed by atoms with Crippen molar-refractivity contribution in [2.75, 3.05) is 20.3 Å². The first-order valence-corrected chi connectivity index (χ1v) is 6.46. The number of ether oxygens (including phenoxy) is 3. The van der Waals surface area contributed by atoms with Gasteiger partial charge in [0.2, 0.25) is 0 Å². The summed E-state index contributed by atoms with van der Waals surface area (Å²) in [6.45, 7) is 6.43. The van der Waals surface area contributed by atoms with Gasteiger partial charge in [0.15, 0.2) is 0 Å². The summed E-state index contributed by atoms with van der Waals surface area (Å²) >= 11 is 0. The predicted octanol–water partition coefficient (Wildman–Crippen LogP) is 1.48. The largest absolute Gasteiger partial charge is 0.469 e. The van der Waals surface area contributed by atoms with Crippen molar-refractivity contribution < 1.29 is 23.8 Å². The summed E-state index contributed by atoms with van der Waals surface area (Å²) in [6, 6.07) is -0.123. The van der Waals surface area contributed by atoms with Crippen molar-refractivity contribution in [2.24, 2.45) is 5.92 Å². The minimum atomic E-state index is -0.535. The third-order valence-corrected chi connectivity index (χ3v) is 2.83. The molecule has 0 bridgehead atoms. The lowest BCUT2D eigenvalue weighted by atomic mass is 9.93. The van der Waals surface area contributed by atoms with Crippen LogP contribution < -0.4 is 5.32 Å². The number of amides is 1. The molecule has 1 fully saturated rings. The van der Waals surface area contributed by atoms with Crippen molar-refractivity contribution in [1.82, 2.24) is 5.32 Å². The van der Waals surface area contributed by atoms with Crippen LogP contribution in [0.2, 0.25) is 0 Å². The Morgan fingerprint density at radius 3 is 2.63 bits per heavy atom. The van der Waals surface area contributed by atoms with E-state index in [0.29, 0.717) is 19.6 Å². The summed E-state index contributed by atoms with van der Waals surface area (Å²) in [6.07, 6.45) is 0.437. The summed E-state index contributed by atoms with van der Waals surface area (Å²) in [4.78, 5) is 23.1. The van der Waals surface area contributed by atoms with Crippen LogP contribution in [-0.2, 0) is 19.0 Å².